The second kappa shape index (κ2) is 32.1. The normalized spacial score (nSPS) is 30.9. The third kappa shape index (κ3) is 15.7. The number of carbonyl (C=O) groups excluding carboxylic acids is 8. The molecule has 2 aromatic heterocycles. The summed E-state index contributed by atoms with van der Waals surface area (Å²) in [6.07, 6.45) is 21.8. The zero-order valence-electron chi connectivity index (χ0n) is 60.6. The quantitative estimate of drug-likeness (QED) is 0.0684. The number of aliphatic hydroxyl groups is 2. The molecule has 548 valence electrons. The van der Waals surface area contributed by atoms with Crippen molar-refractivity contribution < 1.29 is 67.5 Å². The third-order valence-corrected chi connectivity index (χ3v) is 26.1. The molecule has 8 aliphatic carbocycles. The van der Waals surface area contributed by atoms with E-state index in [1.165, 1.54) is 66.1 Å². The summed E-state index contributed by atoms with van der Waals surface area (Å²) in [5.74, 6) is -0.521. The molecule has 0 spiro atoms. The summed E-state index contributed by atoms with van der Waals surface area (Å²) >= 11 is 0. The number of hydrogen-bond donors (Lipinski definition) is 3. The van der Waals surface area contributed by atoms with Gasteiger partial charge in [0, 0.05) is 104 Å². The van der Waals surface area contributed by atoms with Crippen LogP contribution in [-0.2, 0) is 81.6 Å². The van der Waals surface area contributed by atoms with Crippen LogP contribution in [0.3, 0.4) is 0 Å². The Morgan fingerprint density at radius 2 is 0.970 bits per heavy atom. The Kier molecular flexibility index (Phi) is 24.6. The van der Waals surface area contributed by atoms with Crippen molar-refractivity contribution in [2.24, 2.45) is 63.1 Å². The molecule has 2 heterocycles. The minimum atomic E-state index is -1.22. The van der Waals surface area contributed by atoms with Crippen LogP contribution in [0.25, 0.3) is 0 Å². The summed E-state index contributed by atoms with van der Waals surface area (Å²) in [7, 11) is 5.95. The van der Waals surface area contributed by atoms with Gasteiger partial charge in [0.1, 0.15) is 28.4 Å². The second-order valence-corrected chi connectivity index (χ2v) is 31.4. The molecular formula is C74H113N11O14. The number of nitrogens with zero attached hydrogens (tertiary/aromatic N) is 10. The zero-order valence-corrected chi connectivity index (χ0v) is 60.6. The van der Waals surface area contributed by atoms with Gasteiger partial charge in [-0.05, 0) is 181 Å². The highest BCUT2D eigenvalue weighted by atomic mass is 16.5. The maximum absolute atomic E-state index is 15.0. The highest BCUT2D eigenvalue weighted by Gasteiger charge is 2.67. The van der Waals surface area contributed by atoms with Crippen LogP contribution in [0.2, 0.25) is 0 Å². The van der Waals surface area contributed by atoms with Crippen LogP contribution in [-0.4, -0.2) is 227 Å². The molecule has 0 saturated heterocycles. The smallest absolute Gasteiger partial charge is 0.242 e. The number of amides is 4. The van der Waals surface area contributed by atoms with Crippen LogP contribution in [0.15, 0.2) is 35.7 Å². The highest BCUT2D eigenvalue weighted by molar-refractivity contribution is 5.94. The lowest BCUT2D eigenvalue weighted by Gasteiger charge is -2.59. The summed E-state index contributed by atoms with van der Waals surface area (Å²) in [6, 6.07) is 0. The van der Waals surface area contributed by atoms with E-state index in [9.17, 15) is 48.6 Å². The Hall–Kier alpha value is -5.96. The Morgan fingerprint density at radius 1 is 0.545 bits per heavy atom. The number of ether oxygens (including phenoxy) is 4. The largest absolute Gasteiger partial charge is 0.383 e. The number of Topliss-reactive ketones (excluding diaryl/α,β-unsaturated/α-hetero) is 2. The van der Waals surface area contributed by atoms with Crippen LogP contribution < -0.4 is 5.32 Å². The molecule has 0 aromatic carbocycles. The van der Waals surface area contributed by atoms with E-state index in [0.717, 1.165) is 77.0 Å². The van der Waals surface area contributed by atoms with Gasteiger partial charge in [-0.25, -0.2) is 0 Å². The molecule has 25 heteroatoms. The van der Waals surface area contributed by atoms with Crippen molar-refractivity contribution in [2.45, 2.75) is 187 Å². The third-order valence-electron chi connectivity index (χ3n) is 26.1. The van der Waals surface area contributed by atoms with E-state index in [1.807, 2.05) is 24.5 Å². The van der Waals surface area contributed by atoms with Gasteiger partial charge in [-0.2, -0.15) is 0 Å². The molecule has 6 saturated carbocycles. The number of nitrogens with one attached hydrogen (secondary N) is 1. The molecule has 0 bridgehead atoms. The number of fused-ring (bicyclic) bond motifs is 10. The predicted molar refractivity (Wildman–Crippen MR) is 366 cm³/mol. The van der Waals surface area contributed by atoms with Crippen molar-refractivity contribution in [1.82, 2.24) is 54.9 Å². The number of rotatable bonds is 35. The number of carbonyl (C=O) groups is 8. The lowest BCUT2D eigenvalue weighted by atomic mass is 9.46. The van der Waals surface area contributed by atoms with Crippen molar-refractivity contribution in [3.63, 3.8) is 0 Å². The fourth-order valence-electron chi connectivity index (χ4n) is 20.2. The van der Waals surface area contributed by atoms with Gasteiger partial charge in [-0.15, -0.1) is 10.2 Å². The van der Waals surface area contributed by atoms with E-state index >= 15 is 0 Å². The van der Waals surface area contributed by atoms with Gasteiger partial charge in [-0.3, -0.25) is 47.7 Å². The lowest BCUT2D eigenvalue weighted by Crippen LogP contribution is -2.53. The van der Waals surface area contributed by atoms with E-state index in [4.69, 9.17) is 18.9 Å². The van der Waals surface area contributed by atoms with Gasteiger partial charge in [0.25, 0.3) is 0 Å². The number of allylic oxidation sites excluding steroid dienone is 2. The zero-order chi connectivity index (χ0) is 71.1. The first-order valence-electron chi connectivity index (χ1n) is 36.8. The fourth-order valence-corrected chi connectivity index (χ4v) is 20.2. The molecule has 99 heavy (non-hydrogen) atoms. The Balaban J connectivity index is 0.772. The van der Waals surface area contributed by atoms with E-state index in [1.54, 1.807) is 9.36 Å². The maximum atomic E-state index is 15.0. The molecular weight excluding hydrogens is 1270 g/mol. The van der Waals surface area contributed by atoms with Crippen molar-refractivity contribution in [3.8, 4) is 0 Å². The SMILES string of the molecule is COCCN(CC(C)=O)C(=O)CN(CCOC)C(=O)CC(CCCn1cc([C@]2(O)CCC3C4CCC5=CC(=O)CC[C@]5(C)C4CC[C@@]32C)nn1)C(=O)CN(CCOC)C(=O)CN(CCOC)C(=O)CNCCCn1cc([C@]2(O)CCC3C4CCC5=CC(=O)CC[C@]5(C)C4CC[C@@]32C)nn1. The van der Waals surface area contributed by atoms with Gasteiger partial charge >= 0.3 is 0 Å². The van der Waals surface area contributed by atoms with E-state index in [0.29, 0.717) is 99.1 Å². The summed E-state index contributed by atoms with van der Waals surface area (Å²) in [4.78, 5) is 115. The molecule has 0 aliphatic heterocycles. The maximum Gasteiger partial charge on any atom is 0.242 e. The van der Waals surface area contributed by atoms with Gasteiger partial charge in [-0.1, -0.05) is 49.3 Å². The summed E-state index contributed by atoms with van der Waals surface area (Å²) in [5.41, 5.74) is 0.649. The molecule has 4 amide bonds. The minimum Gasteiger partial charge on any atom is -0.383 e. The van der Waals surface area contributed by atoms with Crippen molar-refractivity contribution >= 4 is 46.8 Å². The molecule has 13 atom stereocenters. The Labute approximate surface area is 584 Å². The van der Waals surface area contributed by atoms with Crippen LogP contribution in [0.5, 0.6) is 0 Å². The number of hydrogen-bond acceptors (Lipinski definition) is 19. The van der Waals surface area contributed by atoms with Crippen molar-refractivity contribution in [3.05, 3.63) is 47.1 Å². The van der Waals surface area contributed by atoms with Crippen LogP contribution in [0, 0.1) is 63.1 Å². The molecule has 25 nitrogen and oxygen atoms in total. The average molecular weight is 1380 g/mol. The fraction of sp³-hybridized carbons (Fsp3) is 0.784. The number of aromatic nitrogens is 6. The van der Waals surface area contributed by atoms with E-state index in [-0.39, 0.29) is 137 Å². The minimum absolute atomic E-state index is 0.00276. The average Bonchev–Trinajstić information content (AvgIpc) is 1.63. The molecule has 6 fully saturated rings. The molecule has 3 N–H and O–H groups in total. The van der Waals surface area contributed by atoms with E-state index < -0.39 is 52.6 Å². The van der Waals surface area contributed by atoms with Gasteiger partial charge in [0.15, 0.2) is 17.3 Å². The second-order valence-electron chi connectivity index (χ2n) is 31.4. The first-order valence-corrected chi connectivity index (χ1v) is 36.8. The molecule has 7 unspecified atom stereocenters. The van der Waals surface area contributed by atoms with Gasteiger partial charge in [0.05, 0.1) is 71.5 Å². The Morgan fingerprint density at radius 3 is 1.42 bits per heavy atom. The van der Waals surface area contributed by atoms with Crippen LogP contribution in [0.4, 0.5) is 0 Å². The number of aryl methyl sites for hydroxylation is 2. The molecule has 2 aromatic rings. The summed E-state index contributed by atoms with van der Waals surface area (Å²) < 4.78 is 24.8. The topological polar surface area (TPSA) is 300 Å². The number of methoxy groups -OCH3 is 4. The monoisotopic (exact) mass is 1380 g/mol. The first kappa shape index (κ1) is 75.7. The molecule has 10 rings (SSSR count). The lowest BCUT2D eigenvalue weighted by molar-refractivity contribution is -0.145. The van der Waals surface area contributed by atoms with Crippen molar-refractivity contribution in [1.29, 1.82) is 0 Å². The first-order chi connectivity index (χ1) is 47.3. The highest BCUT2D eigenvalue weighted by Crippen LogP contribution is 2.71. The summed E-state index contributed by atoms with van der Waals surface area (Å²) in [6.45, 7) is 11.0. The molecule has 0 radical (unpaired) electrons. The van der Waals surface area contributed by atoms with Gasteiger partial charge < -0.3 is 54.1 Å². The standard InChI is InChI=1S/C74H113N11O14/c1-50(86)44-80(32-36-96-6)67(92)48-82(34-38-98-8)65(90)40-51(12-10-30-84-46-63(76-78-84)73(94)27-21-60-56-15-13-52-41-54(87)17-23-69(52,2)58(56)19-25-71(60,73)4)62(89)45-81(33-37-97-7)68(93)49-83(35-39-99-9)66(91)43-75-29-11-31-85-47-64(77-79-85)74(95)28-22-61-57-16-14-53-42-55(88)18-24-70(53,3)59(57)20-26-72(61,74)5/h41-42,46-47,51,56-61,75,94-95H,10-40,43-45,48-49H2,1-9H3/t51?,56?,57?,58?,59?,60?,61?,69-,70-,71-,72-,73+,74+/m0/s1. The van der Waals surface area contributed by atoms with Crippen molar-refractivity contribution in [2.75, 3.05) is 120 Å². The number of ketones is 4. The molecule has 8 aliphatic rings. The summed E-state index contributed by atoms with van der Waals surface area (Å²) in [5, 5.41) is 46.9. The van der Waals surface area contributed by atoms with Crippen LogP contribution in [0.1, 0.15) is 174 Å². The van der Waals surface area contributed by atoms with Gasteiger partial charge in [0.2, 0.25) is 23.6 Å². The predicted octanol–water partition coefficient (Wildman–Crippen LogP) is 5.83. The Bertz CT molecular complexity index is 3310. The van der Waals surface area contributed by atoms with E-state index in [2.05, 4.69) is 53.6 Å². The van der Waals surface area contributed by atoms with Crippen LogP contribution >= 0.6 is 0 Å².